The summed E-state index contributed by atoms with van der Waals surface area (Å²) in [5.74, 6) is -0.419. The predicted octanol–water partition coefficient (Wildman–Crippen LogP) is 1.70. The number of hydroxylamine groups is 3. The van der Waals surface area contributed by atoms with Crippen LogP contribution in [-0.4, -0.2) is 10.4 Å². The van der Waals surface area contributed by atoms with E-state index in [1.165, 1.54) is 18.3 Å². The Hall–Kier alpha value is -1.31. The van der Waals surface area contributed by atoms with Crippen molar-refractivity contribution in [3.63, 3.8) is 0 Å². The average molecular weight is 276 g/mol. The molecule has 0 atom stereocenters. The Morgan fingerprint density at radius 3 is 2.73 bits per heavy atom. The SMILES string of the molecule is NC1=CN(c2ccc(Br)c(F)c2)ON1O. The first-order chi connectivity index (χ1) is 7.08. The molecule has 0 saturated carbocycles. The molecule has 5 nitrogen and oxygen atoms in total. The molecule has 1 aliphatic heterocycles. The summed E-state index contributed by atoms with van der Waals surface area (Å²) in [4.78, 5) is 4.78. The van der Waals surface area contributed by atoms with Crippen molar-refractivity contribution in [2.24, 2.45) is 5.73 Å². The smallest absolute Gasteiger partial charge is 0.176 e. The Morgan fingerprint density at radius 1 is 1.47 bits per heavy atom. The maximum absolute atomic E-state index is 13.2. The maximum atomic E-state index is 13.2. The fraction of sp³-hybridized carbons (Fsp3) is 0. The van der Waals surface area contributed by atoms with Crippen LogP contribution in [0.2, 0.25) is 0 Å². The third-order valence-electron chi connectivity index (χ3n) is 1.79. The van der Waals surface area contributed by atoms with Crippen molar-refractivity contribution in [1.29, 1.82) is 0 Å². The first-order valence-electron chi connectivity index (χ1n) is 3.96. The molecular formula is C8H7BrFN3O2. The van der Waals surface area contributed by atoms with Crippen molar-refractivity contribution < 1.29 is 14.5 Å². The zero-order valence-electron chi connectivity index (χ0n) is 7.39. The fourth-order valence-electron chi connectivity index (χ4n) is 1.07. The van der Waals surface area contributed by atoms with E-state index in [0.29, 0.717) is 15.4 Å². The highest BCUT2D eigenvalue weighted by atomic mass is 79.9. The summed E-state index contributed by atoms with van der Waals surface area (Å²) in [6.07, 6.45) is 1.32. The van der Waals surface area contributed by atoms with Gasteiger partial charge in [0.1, 0.15) is 5.82 Å². The van der Waals surface area contributed by atoms with Crippen LogP contribution in [0.4, 0.5) is 10.1 Å². The van der Waals surface area contributed by atoms with Gasteiger partial charge in [0.25, 0.3) is 0 Å². The number of benzene rings is 1. The molecule has 7 heteroatoms. The average Bonchev–Trinajstić information content (AvgIpc) is 2.52. The van der Waals surface area contributed by atoms with Gasteiger partial charge in [0.2, 0.25) is 0 Å². The van der Waals surface area contributed by atoms with E-state index in [2.05, 4.69) is 15.9 Å². The second-order valence-electron chi connectivity index (χ2n) is 2.83. The molecule has 80 valence electrons. The van der Waals surface area contributed by atoms with Crippen molar-refractivity contribution in [3.8, 4) is 0 Å². The second-order valence-corrected chi connectivity index (χ2v) is 3.69. The molecule has 0 aromatic heterocycles. The summed E-state index contributed by atoms with van der Waals surface area (Å²) in [6, 6.07) is 4.38. The molecule has 0 radical (unpaired) electrons. The van der Waals surface area contributed by atoms with Crippen molar-refractivity contribution in [2.45, 2.75) is 0 Å². The standard InChI is InChI=1S/C8H7BrFN3O2/c9-6-2-1-5(3-7(6)10)12-4-8(11)13(14)15-12/h1-4,14H,11H2. The van der Waals surface area contributed by atoms with Gasteiger partial charge < -0.3 is 5.73 Å². The first-order valence-corrected chi connectivity index (χ1v) is 4.76. The monoisotopic (exact) mass is 275 g/mol. The largest absolute Gasteiger partial charge is 0.380 e. The Balaban J connectivity index is 2.28. The normalized spacial score (nSPS) is 15.8. The van der Waals surface area contributed by atoms with Gasteiger partial charge in [0.05, 0.1) is 16.4 Å². The highest BCUT2D eigenvalue weighted by Gasteiger charge is 2.20. The van der Waals surface area contributed by atoms with E-state index in [1.807, 2.05) is 0 Å². The number of nitrogens with zero attached hydrogens (tertiary/aromatic N) is 2. The van der Waals surface area contributed by atoms with Crippen molar-refractivity contribution >= 4 is 21.6 Å². The minimum absolute atomic E-state index is 0.0123. The summed E-state index contributed by atoms with van der Waals surface area (Å²) in [5.41, 5.74) is 5.75. The first kappa shape index (κ1) is 10.2. The van der Waals surface area contributed by atoms with Crippen LogP contribution in [0.15, 0.2) is 34.7 Å². The Labute approximate surface area is 93.1 Å². The van der Waals surface area contributed by atoms with E-state index >= 15 is 0 Å². The van der Waals surface area contributed by atoms with Crippen molar-refractivity contribution in [1.82, 2.24) is 5.23 Å². The summed E-state index contributed by atoms with van der Waals surface area (Å²) >= 11 is 3.03. The molecule has 3 N–H and O–H groups in total. The Bertz CT molecular complexity index is 426. The zero-order valence-corrected chi connectivity index (χ0v) is 8.98. The summed E-state index contributed by atoms with van der Waals surface area (Å²) in [5, 5.41) is 10.6. The van der Waals surface area contributed by atoms with Gasteiger partial charge in [-0.05, 0) is 28.1 Å². The lowest BCUT2D eigenvalue weighted by molar-refractivity contribution is -0.304. The molecule has 15 heavy (non-hydrogen) atoms. The molecule has 1 aliphatic rings. The van der Waals surface area contributed by atoms with Gasteiger partial charge in [0.15, 0.2) is 5.82 Å². The van der Waals surface area contributed by atoms with Crippen molar-refractivity contribution in [2.75, 3.05) is 5.06 Å². The number of halogens is 2. The molecule has 0 amide bonds. The van der Waals surface area contributed by atoms with E-state index in [-0.39, 0.29) is 5.82 Å². The molecule has 2 rings (SSSR count). The summed E-state index contributed by atoms with van der Waals surface area (Å²) in [6.45, 7) is 0. The third kappa shape index (κ3) is 1.89. The van der Waals surface area contributed by atoms with E-state index < -0.39 is 5.82 Å². The number of nitrogens with two attached hydrogens (primary N) is 1. The van der Waals surface area contributed by atoms with Gasteiger partial charge in [0, 0.05) is 6.07 Å². The molecule has 1 heterocycles. The second kappa shape index (κ2) is 3.69. The number of anilines is 1. The lowest BCUT2D eigenvalue weighted by atomic mass is 10.3. The lowest BCUT2D eigenvalue weighted by Crippen LogP contribution is -2.22. The number of hydrogen-bond acceptors (Lipinski definition) is 5. The van der Waals surface area contributed by atoms with E-state index in [0.717, 1.165) is 5.06 Å². The van der Waals surface area contributed by atoms with Crippen LogP contribution >= 0.6 is 15.9 Å². The predicted molar refractivity (Wildman–Crippen MR) is 53.6 cm³/mol. The van der Waals surface area contributed by atoms with Gasteiger partial charge >= 0.3 is 0 Å². The molecule has 0 unspecified atom stereocenters. The van der Waals surface area contributed by atoms with E-state index in [4.69, 9.17) is 15.9 Å². The van der Waals surface area contributed by atoms with Crippen LogP contribution in [0.5, 0.6) is 0 Å². The van der Waals surface area contributed by atoms with Crippen LogP contribution in [-0.2, 0) is 4.94 Å². The zero-order chi connectivity index (χ0) is 11.0. The molecule has 0 saturated heterocycles. The van der Waals surface area contributed by atoms with Crippen LogP contribution in [0, 0.1) is 5.82 Å². The molecule has 0 spiro atoms. The quantitative estimate of drug-likeness (QED) is 0.817. The molecule has 1 aromatic rings. The van der Waals surface area contributed by atoms with Gasteiger partial charge in [-0.2, -0.15) is 5.06 Å². The Kier molecular flexibility index (Phi) is 2.51. The van der Waals surface area contributed by atoms with E-state index in [1.54, 1.807) is 6.07 Å². The number of hydrogen-bond donors (Lipinski definition) is 2. The minimum Gasteiger partial charge on any atom is -0.380 e. The highest BCUT2D eigenvalue weighted by molar-refractivity contribution is 9.10. The van der Waals surface area contributed by atoms with Crippen molar-refractivity contribution in [3.05, 3.63) is 40.5 Å². The van der Waals surface area contributed by atoms with Crippen LogP contribution in [0.3, 0.4) is 0 Å². The lowest BCUT2D eigenvalue weighted by Gasteiger charge is -2.15. The molecular weight excluding hydrogens is 269 g/mol. The van der Waals surface area contributed by atoms with E-state index in [9.17, 15) is 4.39 Å². The van der Waals surface area contributed by atoms with Gasteiger partial charge in [-0.3, -0.25) is 5.21 Å². The summed E-state index contributed by atoms with van der Waals surface area (Å²) < 4.78 is 13.5. The maximum Gasteiger partial charge on any atom is 0.176 e. The summed E-state index contributed by atoms with van der Waals surface area (Å²) in [7, 11) is 0. The molecule has 0 aliphatic carbocycles. The fourth-order valence-corrected chi connectivity index (χ4v) is 1.31. The highest BCUT2D eigenvalue weighted by Crippen LogP contribution is 2.25. The molecule has 1 aromatic carbocycles. The van der Waals surface area contributed by atoms with Gasteiger partial charge in [-0.15, -0.1) is 4.94 Å². The van der Waals surface area contributed by atoms with Crippen LogP contribution < -0.4 is 10.8 Å². The minimum atomic E-state index is -0.431. The molecule has 0 fully saturated rings. The third-order valence-corrected chi connectivity index (χ3v) is 2.44. The van der Waals surface area contributed by atoms with Crippen LogP contribution in [0.25, 0.3) is 0 Å². The Morgan fingerprint density at radius 2 is 2.20 bits per heavy atom. The molecule has 0 bridgehead atoms. The van der Waals surface area contributed by atoms with Gasteiger partial charge in [-0.1, -0.05) is 5.23 Å². The van der Waals surface area contributed by atoms with Crippen LogP contribution in [0.1, 0.15) is 0 Å². The topological polar surface area (TPSA) is 62.0 Å². The number of rotatable bonds is 1. The van der Waals surface area contributed by atoms with Gasteiger partial charge in [-0.25, -0.2) is 4.39 Å².